The Hall–Kier alpha value is -2.36. The lowest BCUT2D eigenvalue weighted by Crippen LogP contribution is -2.28. The van der Waals surface area contributed by atoms with Crippen molar-refractivity contribution in [1.82, 2.24) is 4.57 Å². The first kappa shape index (κ1) is 20.0. The van der Waals surface area contributed by atoms with E-state index < -0.39 is 0 Å². The second-order valence-corrected chi connectivity index (χ2v) is 6.75. The van der Waals surface area contributed by atoms with Crippen molar-refractivity contribution in [1.29, 1.82) is 0 Å². The molecule has 0 radical (unpaired) electrons. The number of nitrogens with one attached hydrogen (secondary N) is 1. The van der Waals surface area contributed by atoms with Gasteiger partial charge in [0, 0.05) is 29.7 Å². The van der Waals surface area contributed by atoms with E-state index in [0.717, 1.165) is 56.5 Å². The number of aryl methyl sites for hydroxylation is 1. The molecule has 0 unspecified atom stereocenters. The largest absolute Gasteiger partial charge is 0.348 e. The third-order valence-electron chi connectivity index (χ3n) is 4.64. The van der Waals surface area contributed by atoms with Crippen LogP contribution in [-0.2, 0) is 13.0 Å². The molecular weight excluding hydrogens is 324 g/mol. The average molecular weight is 354 g/mol. The summed E-state index contributed by atoms with van der Waals surface area (Å²) in [6, 6.07) is 10.9. The summed E-state index contributed by atoms with van der Waals surface area (Å²) in [4.78, 5) is 25.6. The lowest BCUT2D eigenvalue weighted by Gasteiger charge is -2.20. The molecule has 0 saturated carbocycles. The maximum absolute atomic E-state index is 12.9. The minimum absolute atomic E-state index is 0.186. The van der Waals surface area contributed by atoms with Crippen molar-refractivity contribution in [3.05, 3.63) is 63.6 Å². The van der Waals surface area contributed by atoms with Gasteiger partial charge in [-0.05, 0) is 38.3 Å². The maximum Gasteiger partial charge on any atom is 0.261 e. The summed E-state index contributed by atoms with van der Waals surface area (Å²) in [5, 5.41) is 2.88. The van der Waals surface area contributed by atoms with Crippen LogP contribution in [0.25, 0.3) is 0 Å². The van der Waals surface area contributed by atoms with Crippen molar-refractivity contribution in [3.63, 3.8) is 0 Å². The number of unbranched alkanes of at least 4 members (excludes halogenated alkanes) is 3. The summed E-state index contributed by atoms with van der Waals surface area (Å²) in [7, 11) is 0. The van der Waals surface area contributed by atoms with Crippen LogP contribution in [0, 0.1) is 6.92 Å². The topological polar surface area (TPSA) is 51.1 Å². The highest BCUT2D eigenvalue weighted by Crippen LogP contribution is 2.16. The van der Waals surface area contributed by atoms with Gasteiger partial charge in [-0.2, -0.15) is 0 Å². The lowest BCUT2D eigenvalue weighted by atomic mass is 10.0. The Bertz CT molecular complexity index is 779. The summed E-state index contributed by atoms with van der Waals surface area (Å²) in [5.74, 6) is -0.309. The fourth-order valence-corrected chi connectivity index (χ4v) is 3.22. The van der Waals surface area contributed by atoms with E-state index in [1.807, 2.05) is 37.3 Å². The Balaban J connectivity index is 2.42. The molecule has 0 saturated heterocycles. The quantitative estimate of drug-likeness (QED) is 0.648. The number of nitrogens with zero attached hydrogens (tertiary/aromatic N) is 1. The van der Waals surface area contributed by atoms with E-state index in [2.05, 4.69) is 23.7 Å². The molecule has 1 aromatic heterocycles. The predicted molar refractivity (Wildman–Crippen MR) is 108 cm³/mol. The summed E-state index contributed by atoms with van der Waals surface area (Å²) in [5.41, 5.74) is 2.63. The summed E-state index contributed by atoms with van der Waals surface area (Å²) in [6.45, 7) is 7.11. The monoisotopic (exact) mass is 354 g/mol. The van der Waals surface area contributed by atoms with Crippen LogP contribution in [0.2, 0.25) is 0 Å². The van der Waals surface area contributed by atoms with E-state index in [0.29, 0.717) is 11.3 Å². The Morgan fingerprint density at radius 2 is 1.73 bits per heavy atom. The van der Waals surface area contributed by atoms with E-state index in [-0.39, 0.29) is 11.3 Å². The highest BCUT2D eigenvalue weighted by molar-refractivity contribution is 6.05. The Labute approximate surface area is 156 Å². The lowest BCUT2D eigenvalue weighted by molar-refractivity contribution is 0.102. The minimum Gasteiger partial charge on any atom is -0.348 e. The van der Waals surface area contributed by atoms with Gasteiger partial charge in [0.15, 0.2) is 5.43 Å². The molecule has 2 rings (SSSR count). The molecule has 140 valence electrons. The molecule has 1 heterocycles. The van der Waals surface area contributed by atoms with Crippen molar-refractivity contribution >= 4 is 11.6 Å². The third-order valence-corrected chi connectivity index (χ3v) is 4.64. The number of aromatic nitrogens is 1. The highest BCUT2D eigenvalue weighted by Gasteiger charge is 2.20. The van der Waals surface area contributed by atoms with E-state index >= 15 is 0 Å². The van der Waals surface area contributed by atoms with E-state index in [9.17, 15) is 9.59 Å². The molecule has 0 aliphatic carbocycles. The first-order chi connectivity index (χ1) is 12.6. The molecule has 0 aliphatic heterocycles. The number of hydrogen-bond donors (Lipinski definition) is 1. The van der Waals surface area contributed by atoms with Gasteiger partial charge in [0.1, 0.15) is 5.56 Å². The molecule has 0 spiro atoms. The van der Waals surface area contributed by atoms with Crippen LogP contribution in [0.15, 0.2) is 41.2 Å². The van der Waals surface area contributed by atoms with Crippen LogP contribution in [-0.4, -0.2) is 10.5 Å². The Kier molecular flexibility index (Phi) is 7.64. The van der Waals surface area contributed by atoms with Crippen LogP contribution in [0.4, 0.5) is 5.69 Å². The van der Waals surface area contributed by atoms with Crippen molar-refractivity contribution in [2.75, 3.05) is 5.32 Å². The number of benzene rings is 1. The second-order valence-electron chi connectivity index (χ2n) is 6.75. The number of rotatable bonds is 9. The van der Waals surface area contributed by atoms with Crippen molar-refractivity contribution in [2.45, 2.75) is 65.8 Å². The van der Waals surface area contributed by atoms with Gasteiger partial charge in [0.05, 0.1) is 0 Å². The number of pyridine rings is 1. The molecule has 4 nitrogen and oxygen atoms in total. The molecule has 2 aromatic rings. The average Bonchev–Trinajstić information content (AvgIpc) is 2.62. The molecule has 1 aromatic carbocycles. The van der Waals surface area contributed by atoms with Crippen LogP contribution >= 0.6 is 0 Å². The second kappa shape index (κ2) is 9.95. The zero-order chi connectivity index (χ0) is 18.9. The van der Waals surface area contributed by atoms with Crippen molar-refractivity contribution in [2.24, 2.45) is 0 Å². The van der Waals surface area contributed by atoms with Gasteiger partial charge in [0.2, 0.25) is 0 Å². The smallest absolute Gasteiger partial charge is 0.261 e. The van der Waals surface area contributed by atoms with Gasteiger partial charge < -0.3 is 9.88 Å². The number of para-hydroxylation sites is 1. The molecule has 1 N–H and O–H groups in total. The molecule has 0 atom stereocenters. The SMILES string of the molecule is CCCCCn1c(C)cc(=O)c(C(=O)Nc2ccccc2)c1CCCC. The number of carbonyl (C=O) groups is 1. The molecule has 0 fully saturated rings. The van der Waals surface area contributed by atoms with Crippen molar-refractivity contribution < 1.29 is 4.79 Å². The fraction of sp³-hybridized carbons (Fsp3) is 0.455. The van der Waals surface area contributed by atoms with Gasteiger partial charge in [-0.15, -0.1) is 0 Å². The van der Waals surface area contributed by atoms with Gasteiger partial charge >= 0.3 is 0 Å². The Morgan fingerprint density at radius 1 is 1.04 bits per heavy atom. The third kappa shape index (κ3) is 5.07. The Morgan fingerprint density at radius 3 is 2.38 bits per heavy atom. The molecule has 0 aliphatic rings. The number of carbonyl (C=O) groups excluding carboxylic acids is 1. The zero-order valence-corrected chi connectivity index (χ0v) is 16.2. The summed E-state index contributed by atoms with van der Waals surface area (Å²) >= 11 is 0. The minimum atomic E-state index is -0.309. The maximum atomic E-state index is 12.9. The molecule has 4 heteroatoms. The van der Waals surface area contributed by atoms with Crippen LogP contribution < -0.4 is 10.7 Å². The molecule has 26 heavy (non-hydrogen) atoms. The van der Waals surface area contributed by atoms with E-state index in [4.69, 9.17) is 0 Å². The predicted octanol–water partition coefficient (Wildman–Crippen LogP) is 4.94. The number of hydrogen-bond acceptors (Lipinski definition) is 2. The van der Waals surface area contributed by atoms with Crippen molar-refractivity contribution in [3.8, 4) is 0 Å². The first-order valence-electron chi connectivity index (χ1n) is 9.68. The normalized spacial score (nSPS) is 10.7. The zero-order valence-electron chi connectivity index (χ0n) is 16.2. The van der Waals surface area contributed by atoms with Crippen LogP contribution in [0.5, 0.6) is 0 Å². The van der Waals surface area contributed by atoms with Crippen LogP contribution in [0.1, 0.15) is 67.7 Å². The molecular formula is C22H30N2O2. The van der Waals surface area contributed by atoms with Crippen LogP contribution in [0.3, 0.4) is 0 Å². The van der Waals surface area contributed by atoms with Gasteiger partial charge in [-0.3, -0.25) is 9.59 Å². The van der Waals surface area contributed by atoms with Gasteiger partial charge in [0.25, 0.3) is 5.91 Å². The van der Waals surface area contributed by atoms with E-state index in [1.54, 1.807) is 6.07 Å². The molecule has 0 bridgehead atoms. The number of amides is 1. The molecule has 1 amide bonds. The summed E-state index contributed by atoms with van der Waals surface area (Å²) in [6.07, 6.45) is 6.07. The first-order valence-corrected chi connectivity index (χ1v) is 9.68. The highest BCUT2D eigenvalue weighted by atomic mass is 16.2. The number of anilines is 1. The standard InChI is InChI=1S/C22H30N2O2/c1-4-6-11-15-24-17(3)16-20(25)21(19(24)14-7-5-2)22(26)23-18-12-9-8-10-13-18/h8-10,12-13,16H,4-7,11,14-15H2,1-3H3,(H,23,26). The van der Waals surface area contributed by atoms with E-state index in [1.165, 1.54) is 0 Å². The summed E-state index contributed by atoms with van der Waals surface area (Å²) < 4.78 is 2.17. The fourth-order valence-electron chi connectivity index (χ4n) is 3.22. The van der Waals surface area contributed by atoms with Gasteiger partial charge in [-0.25, -0.2) is 0 Å². The van der Waals surface area contributed by atoms with Gasteiger partial charge in [-0.1, -0.05) is 51.3 Å².